The van der Waals surface area contributed by atoms with Crippen LogP contribution in [0.5, 0.6) is 0 Å². The van der Waals surface area contributed by atoms with Crippen molar-refractivity contribution in [1.82, 2.24) is 9.71 Å². The van der Waals surface area contributed by atoms with Crippen LogP contribution in [-0.4, -0.2) is 38.1 Å². The molecule has 0 spiro atoms. The number of aromatic nitrogens is 1. The summed E-state index contributed by atoms with van der Waals surface area (Å²) in [6, 6.07) is 2.92. The van der Waals surface area contributed by atoms with E-state index in [1.807, 2.05) is 6.92 Å². The van der Waals surface area contributed by atoms with E-state index >= 15 is 0 Å². The van der Waals surface area contributed by atoms with Gasteiger partial charge in [-0.3, -0.25) is 4.98 Å². The fraction of sp³-hybridized carbons (Fsp3) is 0.500. The summed E-state index contributed by atoms with van der Waals surface area (Å²) in [4.78, 5) is 4.13. The Morgan fingerprint density at radius 3 is 2.75 bits per heavy atom. The Labute approximate surface area is 124 Å². The van der Waals surface area contributed by atoms with Crippen molar-refractivity contribution >= 4 is 27.2 Å². The highest BCUT2D eigenvalue weighted by molar-refractivity contribution is 7.89. The minimum Gasteiger partial charge on any atom is -0.388 e. The second-order valence-corrected chi connectivity index (χ2v) is 6.31. The first-order chi connectivity index (χ1) is 9.47. The highest BCUT2D eigenvalue weighted by atomic mass is 32.2. The summed E-state index contributed by atoms with van der Waals surface area (Å²) in [5.41, 5.74) is 5.80. The lowest BCUT2D eigenvalue weighted by molar-refractivity contribution is 0.133. The van der Waals surface area contributed by atoms with Crippen molar-refractivity contribution in [1.29, 1.82) is 0 Å². The molecule has 0 atom stereocenters. The predicted molar refractivity (Wildman–Crippen MR) is 81.0 cm³/mol. The number of ether oxygens (including phenoxy) is 1. The molecule has 0 saturated heterocycles. The molecule has 1 aromatic heterocycles. The molecule has 1 aromatic rings. The van der Waals surface area contributed by atoms with Crippen molar-refractivity contribution in [2.75, 3.05) is 19.8 Å². The number of pyridine rings is 1. The van der Waals surface area contributed by atoms with Gasteiger partial charge in [-0.15, -0.1) is 0 Å². The van der Waals surface area contributed by atoms with Gasteiger partial charge in [0.15, 0.2) is 0 Å². The Morgan fingerprint density at radius 2 is 2.20 bits per heavy atom. The fourth-order valence-corrected chi connectivity index (χ4v) is 2.53. The Balaban J connectivity index is 2.49. The van der Waals surface area contributed by atoms with Gasteiger partial charge in [-0.1, -0.05) is 19.1 Å². The summed E-state index contributed by atoms with van der Waals surface area (Å²) in [5, 5.41) is 0. The van der Waals surface area contributed by atoms with Gasteiger partial charge < -0.3 is 10.5 Å². The number of hydrogen-bond donors (Lipinski definition) is 2. The molecule has 1 rings (SSSR count). The maximum Gasteiger partial charge on any atom is 0.242 e. The monoisotopic (exact) mass is 317 g/mol. The fourth-order valence-electron chi connectivity index (χ4n) is 1.40. The topological polar surface area (TPSA) is 94.3 Å². The number of nitrogens with zero attached hydrogens (tertiary/aromatic N) is 1. The Kier molecular flexibility index (Phi) is 7.00. The van der Waals surface area contributed by atoms with Crippen LogP contribution < -0.4 is 10.5 Å². The maximum atomic E-state index is 11.9. The molecule has 8 heteroatoms. The normalized spacial score (nSPS) is 11.4. The van der Waals surface area contributed by atoms with Gasteiger partial charge in [-0.2, -0.15) is 0 Å². The van der Waals surface area contributed by atoms with E-state index in [-0.39, 0.29) is 9.88 Å². The molecular formula is C12H19N3O3S2. The zero-order chi connectivity index (χ0) is 15.0. The van der Waals surface area contributed by atoms with E-state index in [0.717, 1.165) is 6.42 Å². The summed E-state index contributed by atoms with van der Waals surface area (Å²) < 4.78 is 31.7. The van der Waals surface area contributed by atoms with Crippen LogP contribution in [0.1, 0.15) is 25.5 Å². The molecule has 0 unspecified atom stereocenters. The Hall–Kier alpha value is -1.09. The molecule has 0 aliphatic rings. The van der Waals surface area contributed by atoms with Crippen molar-refractivity contribution in [3.05, 3.63) is 24.0 Å². The molecule has 1 heterocycles. The third-order valence-electron chi connectivity index (χ3n) is 2.41. The van der Waals surface area contributed by atoms with Gasteiger partial charge in [-0.05, 0) is 25.0 Å². The van der Waals surface area contributed by atoms with Gasteiger partial charge in [-0.25, -0.2) is 13.1 Å². The van der Waals surface area contributed by atoms with Crippen molar-refractivity contribution < 1.29 is 13.2 Å². The van der Waals surface area contributed by atoms with Crippen LogP contribution in [0.3, 0.4) is 0 Å². The molecule has 3 N–H and O–H groups in total. The summed E-state index contributed by atoms with van der Waals surface area (Å²) in [6.45, 7) is 3.57. The summed E-state index contributed by atoms with van der Waals surface area (Å²) in [7, 11) is -3.55. The van der Waals surface area contributed by atoms with Crippen molar-refractivity contribution in [2.24, 2.45) is 5.73 Å². The van der Waals surface area contributed by atoms with E-state index in [2.05, 4.69) is 9.71 Å². The number of sulfonamides is 1. The Bertz CT molecular complexity index is 529. The number of hydrogen-bond acceptors (Lipinski definition) is 5. The van der Waals surface area contributed by atoms with E-state index in [9.17, 15) is 8.42 Å². The van der Waals surface area contributed by atoms with Gasteiger partial charge in [0.1, 0.15) is 9.88 Å². The number of nitrogens with one attached hydrogen (secondary N) is 1. The number of nitrogens with two attached hydrogens (primary N) is 1. The molecule has 0 aromatic carbocycles. The first kappa shape index (κ1) is 17.0. The Morgan fingerprint density at radius 1 is 1.45 bits per heavy atom. The molecule has 0 aliphatic carbocycles. The third kappa shape index (κ3) is 5.49. The van der Waals surface area contributed by atoms with Gasteiger partial charge in [0.05, 0.1) is 5.69 Å². The molecule has 0 bridgehead atoms. The van der Waals surface area contributed by atoms with E-state index in [4.69, 9.17) is 22.7 Å². The quantitative estimate of drug-likeness (QED) is 0.517. The van der Waals surface area contributed by atoms with Gasteiger partial charge in [0, 0.05) is 26.0 Å². The van der Waals surface area contributed by atoms with Crippen LogP contribution in [0.15, 0.2) is 23.2 Å². The van der Waals surface area contributed by atoms with E-state index in [1.165, 1.54) is 18.3 Å². The second kappa shape index (κ2) is 8.25. The predicted octanol–water partition coefficient (Wildman–Crippen LogP) is 0.811. The minimum absolute atomic E-state index is 0.0898. The highest BCUT2D eigenvalue weighted by Gasteiger charge is 2.13. The first-order valence-electron chi connectivity index (χ1n) is 6.30. The van der Waals surface area contributed by atoms with E-state index in [1.54, 1.807) is 0 Å². The van der Waals surface area contributed by atoms with Crippen LogP contribution in [0, 0.1) is 0 Å². The average molecular weight is 317 g/mol. The van der Waals surface area contributed by atoms with Crippen molar-refractivity contribution in [2.45, 2.75) is 24.7 Å². The SMILES string of the molecule is CCCOCCCNS(=O)(=O)c1ccc(C(N)=S)nc1. The van der Waals surface area contributed by atoms with Crippen LogP contribution in [-0.2, 0) is 14.8 Å². The van der Waals surface area contributed by atoms with Crippen LogP contribution in [0.25, 0.3) is 0 Å². The molecule has 0 amide bonds. The van der Waals surface area contributed by atoms with Crippen molar-refractivity contribution in [3.63, 3.8) is 0 Å². The first-order valence-corrected chi connectivity index (χ1v) is 8.19. The van der Waals surface area contributed by atoms with Crippen LogP contribution >= 0.6 is 12.2 Å². The van der Waals surface area contributed by atoms with Crippen LogP contribution in [0.2, 0.25) is 0 Å². The highest BCUT2D eigenvalue weighted by Crippen LogP contribution is 2.07. The number of thiocarbonyl (C=S) groups is 1. The minimum atomic E-state index is -3.55. The average Bonchev–Trinajstić information content (AvgIpc) is 2.43. The molecular weight excluding hydrogens is 298 g/mol. The van der Waals surface area contributed by atoms with E-state index in [0.29, 0.717) is 31.9 Å². The molecule has 20 heavy (non-hydrogen) atoms. The lowest BCUT2D eigenvalue weighted by atomic mass is 10.3. The molecule has 0 aliphatic heterocycles. The van der Waals surface area contributed by atoms with Crippen LogP contribution in [0.4, 0.5) is 0 Å². The molecule has 0 fully saturated rings. The maximum absolute atomic E-state index is 11.9. The van der Waals surface area contributed by atoms with Crippen molar-refractivity contribution in [3.8, 4) is 0 Å². The summed E-state index contributed by atoms with van der Waals surface area (Å²) in [6.07, 6.45) is 2.81. The molecule has 6 nitrogen and oxygen atoms in total. The smallest absolute Gasteiger partial charge is 0.242 e. The molecule has 112 valence electrons. The lowest BCUT2D eigenvalue weighted by Crippen LogP contribution is -2.26. The third-order valence-corrected chi connectivity index (χ3v) is 4.06. The zero-order valence-electron chi connectivity index (χ0n) is 11.3. The zero-order valence-corrected chi connectivity index (χ0v) is 13.0. The summed E-state index contributed by atoms with van der Waals surface area (Å²) >= 11 is 4.76. The van der Waals surface area contributed by atoms with Gasteiger partial charge in [0.2, 0.25) is 10.0 Å². The van der Waals surface area contributed by atoms with Gasteiger partial charge >= 0.3 is 0 Å². The second-order valence-electron chi connectivity index (χ2n) is 4.11. The van der Waals surface area contributed by atoms with Gasteiger partial charge in [0.25, 0.3) is 0 Å². The van der Waals surface area contributed by atoms with E-state index < -0.39 is 10.0 Å². The summed E-state index contributed by atoms with van der Waals surface area (Å²) in [5.74, 6) is 0. The molecule has 0 saturated carbocycles. The molecule has 0 radical (unpaired) electrons. The number of rotatable bonds is 9. The largest absolute Gasteiger partial charge is 0.388 e. The lowest BCUT2D eigenvalue weighted by Gasteiger charge is -2.07. The standard InChI is InChI=1S/C12H19N3O3S2/c1-2-7-18-8-3-6-15-20(16,17)10-4-5-11(12(13)19)14-9-10/h4-5,9,15H,2-3,6-8H2,1H3,(H2,13,19).